The molecule has 0 amide bonds. The first-order chi connectivity index (χ1) is 12.7. The van der Waals surface area contributed by atoms with Gasteiger partial charge in [0.1, 0.15) is 10.6 Å². The molecule has 26 heavy (non-hydrogen) atoms. The van der Waals surface area contributed by atoms with Gasteiger partial charge in [-0.1, -0.05) is 23.9 Å². The Hall–Kier alpha value is -1.31. The molecular weight excluding hydrogens is 387 g/mol. The van der Waals surface area contributed by atoms with Crippen molar-refractivity contribution >= 4 is 45.1 Å². The van der Waals surface area contributed by atoms with Crippen molar-refractivity contribution in [2.45, 2.75) is 30.8 Å². The molecule has 2 aromatic heterocycles. The van der Waals surface area contributed by atoms with Crippen LogP contribution in [0.3, 0.4) is 0 Å². The fourth-order valence-electron chi connectivity index (χ4n) is 3.34. The standard InChI is InChI=1S/C19H19FN2OS3/c1-24-10-11-25-19-21-17-16(12-6-2-5-9-15(12)26-17)18(23)22(19)14-8-4-3-7-13(14)20/h3-4,7-8H,2,5-6,9-11H2,1H3. The highest BCUT2D eigenvalue weighted by molar-refractivity contribution is 8.02. The number of aromatic nitrogens is 2. The van der Waals surface area contributed by atoms with Crippen LogP contribution >= 0.6 is 34.9 Å². The number of nitrogens with zero attached hydrogens (tertiary/aromatic N) is 2. The van der Waals surface area contributed by atoms with E-state index in [2.05, 4.69) is 6.26 Å². The molecule has 0 fully saturated rings. The predicted molar refractivity (Wildman–Crippen MR) is 111 cm³/mol. The molecule has 1 aliphatic carbocycles. The first kappa shape index (κ1) is 18.1. The maximum Gasteiger partial charge on any atom is 0.267 e. The number of fused-ring (bicyclic) bond motifs is 3. The SMILES string of the molecule is CSCCSc1nc2sc3c(c2c(=O)n1-c1ccccc1F)CCCC3. The zero-order valence-electron chi connectivity index (χ0n) is 14.5. The van der Waals surface area contributed by atoms with E-state index in [9.17, 15) is 9.18 Å². The van der Waals surface area contributed by atoms with E-state index in [0.29, 0.717) is 10.5 Å². The minimum Gasteiger partial charge on any atom is -0.268 e. The lowest BCUT2D eigenvalue weighted by Gasteiger charge is -2.14. The average Bonchev–Trinajstić information content (AvgIpc) is 3.02. The van der Waals surface area contributed by atoms with Crippen LogP contribution in [-0.2, 0) is 12.8 Å². The number of thiophene rings is 1. The molecule has 0 radical (unpaired) electrons. The number of rotatable bonds is 5. The maximum absolute atomic E-state index is 14.5. The smallest absolute Gasteiger partial charge is 0.267 e. The van der Waals surface area contributed by atoms with Gasteiger partial charge in [-0.2, -0.15) is 11.8 Å². The first-order valence-corrected chi connectivity index (χ1v) is 11.8. The highest BCUT2D eigenvalue weighted by Crippen LogP contribution is 2.35. The molecule has 0 spiro atoms. The Morgan fingerprint density at radius 2 is 2.04 bits per heavy atom. The van der Waals surface area contributed by atoms with E-state index in [4.69, 9.17) is 4.98 Å². The van der Waals surface area contributed by atoms with Crippen molar-refractivity contribution in [1.82, 2.24) is 9.55 Å². The summed E-state index contributed by atoms with van der Waals surface area (Å²) in [5, 5.41) is 1.28. The van der Waals surface area contributed by atoms with Crippen molar-refractivity contribution in [1.29, 1.82) is 0 Å². The minimum atomic E-state index is -0.397. The van der Waals surface area contributed by atoms with Crippen molar-refractivity contribution in [3.8, 4) is 5.69 Å². The topological polar surface area (TPSA) is 34.9 Å². The number of para-hydroxylation sites is 1. The highest BCUT2D eigenvalue weighted by atomic mass is 32.2. The molecule has 0 saturated carbocycles. The molecule has 7 heteroatoms. The van der Waals surface area contributed by atoms with Crippen LogP contribution in [0.4, 0.5) is 4.39 Å². The zero-order valence-corrected chi connectivity index (χ0v) is 16.9. The highest BCUT2D eigenvalue weighted by Gasteiger charge is 2.23. The lowest BCUT2D eigenvalue weighted by Crippen LogP contribution is -2.23. The second-order valence-corrected chi connectivity index (χ2v) is 9.35. The first-order valence-electron chi connectivity index (χ1n) is 8.64. The van der Waals surface area contributed by atoms with Gasteiger partial charge in [0.15, 0.2) is 5.16 Å². The van der Waals surface area contributed by atoms with Crippen LogP contribution in [0.25, 0.3) is 15.9 Å². The van der Waals surface area contributed by atoms with E-state index in [1.807, 2.05) is 0 Å². The van der Waals surface area contributed by atoms with Crippen molar-refractivity contribution in [2.75, 3.05) is 17.8 Å². The summed E-state index contributed by atoms with van der Waals surface area (Å²) in [4.78, 5) is 20.3. The molecular formula is C19H19FN2OS3. The van der Waals surface area contributed by atoms with Crippen LogP contribution in [0, 0.1) is 5.82 Å². The van der Waals surface area contributed by atoms with E-state index in [0.717, 1.165) is 47.6 Å². The van der Waals surface area contributed by atoms with Gasteiger partial charge < -0.3 is 0 Å². The maximum atomic E-state index is 14.5. The molecule has 0 atom stereocenters. The van der Waals surface area contributed by atoms with Gasteiger partial charge in [-0.3, -0.25) is 9.36 Å². The lowest BCUT2D eigenvalue weighted by molar-refractivity contribution is 0.608. The Balaban J connectivity index is 1.96. The third-order valence-electron chi connectivity index (χ3n) is 4.57. The van der Waals surface area contributed by atoms with Gasteiger partial charge >= 0.3 is 0 Å². The van der Waals surface area contributed by atoms with Crippen LogP contribution in [0.15, 0.2) is 34.2 Å². The molecule has 4 rings (SSSR count). The second-order valence-electron chi connectivity index (χ2n) is 6.22. The lowest BCUT2D eigenvalue weighted by atomic mass is 9.97. The number of hydrogen-bond donors (Lipinski definition) is 0. The quantitative estimate of drug-likeness (QED) is 0.342. The van der Waals surface area contributed by atoms with E-state index in [1.165, 1.54) is 27.3 Å². The van der Waals surface area contributed by atoms with E-state index in [1.54, 1.807) is 41.3 Å². The Labute approximate surface area is 164 Å². The monoisotopic (exact) mass is 406 g/mol. The number of aryl methyl sites for hydroxylation is 2. The number of hydrogen-bond acceptors (Lipinski definition) is 5. The van der Waals surface area contributed by atoms with Gasteiger partial charge in [-0.05, 0) is 49.6 Å². The Bertz CT molecular complexity index is 1010. The molecule has 0 N–H and O–H groups in total. The molecule has 0 bridgehead atoms. The Kier molecular flexibility index (Phi) is 5.38. The third kappa shape index (κ3) is 3.21. The summed E-state index contributed by atoms with van der Waals surface area (Å²) >= 11 is 4.91. The minimum absolute atomic E-state index is 0.133. The van der Waals surface area contributed by atoms with Crippen LogP contribution < -0.4 is 5.56 Å². The van der Waals surface area contributed by atoms with Crippen molar-refractivity contribution in [2.24, 2.45) is 0 Å². The number of benzene rings is 1. The predicted octanol–water partition coefficient (Wildman–Crippen LogP) is 4.92. The van der Waals surface area contributed by atoms with Gasteiger partial charge in [0.05, 0.1) is 11.1 Å². The fraction of sp³-hybridized carbons (Fsp3) is 0.368. The number of halogens is 1. The molecule has 1 aliphatic rings. The van der Waals surface area contributed by atoms with E-state index in [-0.39, 0.29) is 11.2 Å². The average molecular weight is 407 g/mol. The van der Waals surface area contributed by atoms with Gasteiger partial charge in [-0.15, -0.1) is 11.3 Å². The van der Waals surface area contributed by atoms with Crippen LogP contribution in [-0.4, -0.2) is 27.3 Å². The van der Waals surface area contributed by atoms with Gasteiger partial charge in [-0.25, -0.2) is 9.37 Å². The molecule has 1 aromatic carbocycles. The summed E-state index contributed by atoms with van der Waals surface area (Å²) in [5.74, 6) is 1.39. The fourth-order valence-corrected chi connectivity index (χ4v) is 6.30. The molecule has 0 aliphatic heterocycles. The normalized spacial score (nSPS) is 13.9. The van der Waals surface area contributed by atoms with Crippen molar-refractivity contribution in [3.63, 3.8) is 0 Å². The molecule has 0 saturated heterocycles. The number of thioether (sulfide) groups is 2. The summed E-state index contributed by atoms with van der Waals surface area (Å²) in [5.41, 5.74) is 1.29. The van der Waals surface area contributed by atoms with Crippen LogP contribution in [0.2, 0.25) is 0 Å². The Morgan fingerprint density at radius 1 is 1.23 bits per heavy atom. The van der Waals surface area contributed by atoms with Crippen LogP contribution in [0.5, 0.6) is 0 Å². The van der Waals surface area contributed by atoms with Gasteiger partial charge in [0.25, 0.3) is 5.56 Å². The zero-order chi connectivity index (χ0) is 18.1. The largest absolute Gasteiger partial charge is 0.268 e. The summed E-state index contributed by atoms with van der Waals surface area (Å²) in [6, 6.07) is 6.45. The van der Waals surface area contributed by atoms with Gasteiger partial charge in [0, 0.05) is 16.4 Å². The van der Waals surface area contributed by atoms with E-state index < -0.39 is 5.82 Å². The van der Waals surface area contributed by atoms with Crippen molar-refractivity contribution < 1.29 is 4.39 Å². The van der Waals surface area contributed by atoms with Gasteiger partial charge in [0.2, 0.25) is 0 Å². The van der Waals surface area contributed by atoms with Crippen molar-refractivity contribution in [3.05, 3.63) is 50.9 Å². The summed E-state index contributed by atoms with van der Waals surface area (Å²) in [6.07, 6.45) is 6.25. The molecule has 3 aromatic rings. The molecule has 2 heterocycles. The second kappa shape index (κ2) is 7.74. The van der Waals surface area contributed by atoms with E-state index >= 15 is 0 Å². The molecule has 3 nitrogen and oxygen atoms in total. The van der Waals surface area contributed by atoms with Crippen LogP contribution in [0.1, 0.15) is 23.3 Å². The summed E-state index contributed by atoms with van der Waals surface area (Å²) in [6.45, 7) is 0. The summed E-state index contributed by atoms with van der Waals surface area (Å²) < 4.78 is 16.0. The summed E-state index contributed by atoms with van der Waals surface area (Å²) in [7, 11) is 0. The molecule has 136 valence electrons. The Morgan fingerprint density at radius 3 is 2.85 bits per heavy atom. The third-order valence-corrected chi connectivity index (χ3v) is 7.57. The molecule has 0 unspecified atom stereocenters.